The Bertz CT molecular complexity index is 675. The van der Waals surface area contributed by atoms with E-state index < -0.39 is 0 Å². The largest absolute Gasteiger partial charge is 0.378 e. The summed E-state index contributed by atoms with van der Waals surface area (Å²) in [5.41, 5.74) is 1.37. The molecular weight excluding hydrogens is 314 g/mol. The van der Waals surface area contributed by atoms with Gasteiger partial charge in [0.1, 0.15) is 18.0 Å². The zero-order chi connectivity index (χ0) is 16.9. The van der Waals surface area contributed by atoms with Gasteiger partial charge in [-0.3, -0.25) is 4.90 Å². The van der Waals surface area contributed by atoms with Crippen LogP contribution in [0.3, 0.4) is 0 Å². The number of aromatic nitrogens is 2. The summed E-state index contributed by atoms with van der Waals surface area (Å²) in [4.78, 5) is 13.6. The van der Waals surface area contributed by atoms with Crippen molar-refractivity contribution in [1.82, 2.24) is 14.9 Å². The first kappa shape index (κ1) is 16.3. The molecule has 132 valence electrons. The quantitative estimate of drug-likeness (QED) is 0.899. The normalized spacial score (nSPS) is 21.4. The number of hydrogen-bond acceptors (Lipinski definition) is 6. The number of hydrogen-bond donors (Lipinski definition) is 1. The average Bonchev–Trinajstić information content (AvgIpc) is 3.10. The standard InChI is InChI=1S/C19H25N5O/c1-2-4-16(5-3-1)13-23-7-6-17(14-23)22-18-12-19(21-15-20-18)24-8-10-25-11-9-24/h1-5,12,15,17H,6-11,13-14H2,(H,20,21,22)/t17-/m1/s1. The van der Waals surface area contributed by atoms with Gasteiger partial charge in [-0.05, 0) is 12.0 Å². The summed E-state index contributed by atoms with van der Waals surface area (Å²) in [5, 5.41) is 3.59. The minimum absolute atomic E-state index is 0.441. The molecule has 0 spiro atoms. The lowest BCUT2D eigenvalue weighted by Gasteiger charge is -2.28. The van der Waals surface area contributed by atoms with Crippen LogP contribution in [0.2, 0.25) is 0 Å². The van der Waals surface area contributed by atoms with Gasteiger partial charge in [0.2, 0.25) is 0 Å². The third-order valence-corrected chi connectivity index (χ3v) is 4.86. The molecule has 2 aliphatic rings. The number of rotatable bonds is 5. The molecule has 3 heterocycles. The summed E-state index contributed by atoms with van der Waals surface area (Å²) in [7, 11) is 0. The summed E-state index contributed by atoms with van der Waals surface area (Å²) < 4.78 is 5.41. The lowest BCUT2D eigenvalue weighted by atomic mass is 10.2. The number of nitrogens with one attached hydrogen (secondary N) is 1. The van der Waals surface area contributed by atoms with Crippen LogP contribution in [0, 0.1) is 0 Å². The Morgan fingerprint density at radius 2 is 1.92 bits per heavy atom. The third kappa shape index (κ3) is 4.27. The van der Waals surface area contributed by atoms with Crippen molar-refractivity contribution in [1.29, 1.82) is 0 Å². The third-order valence-electron chi connectivity index (χ3n) is 4.86. The van der Waals surface area contributed by atoms with Crippen molar-refractivity contribution in [3.05, 3.63) is 48.3 Å². The second kappa shape index (κ2) is 7.80. The highest BCUT2D eigenvalue weighted by atomic mass is 16.5. The molecule has 25 heavy (non-hydrogen) atoms. The SMILES string of the molecule is c1ccc(CN2CC[C@@H](Nc3cc(N4CCOCC4)ncn3)C2)cc1. The molecule has 1 aromatic heterocycles. The van der Waals surface area contributed by atoms with E-state index in [2.05, 4.69) is 61.5 Å². The zero-order valence-corrected chi connectivity index (χ0v) is 14.5. The Balaban J connectivity index is 1.33. The van der Waals surface area contributed by atoms with Crippen molar-refractivity contribution in [2.45, 2.75) is 19.0 Å². The van der Waals surface area contributed by atoms with E-state index >= 15 is 0 Å². The molecule has 0 aliphatic carbocycles. The van der Waals surface area contributed by atoms with E-state index in [0.29, 0.717) is 6.04 Å². The average molecular weight is 339 g/mol. The number of benzene rings is 1. The maximum atomic E-state index is 5.41. The second-order valence-electron chi connectivity index (χ2n) is 6.71. The Morgan fingerprint density at radius 3 is 2.76 bits per heavy atom. The van der Waals surface area contributed by atoms with E-state index in [-0.39, 0.29) is 0 Å². The van der Waals surface area contributed by atoms with Crippen LogP contribution in [-0.4, -0.2) is 60.3 Å². The van der Waals surface area contributed by atoms with Gasteiger partial charge < -0.3 is 15.0 Å². The summed E-state index contributed by atoms with van der Waals surface area (Å²) in [5.74, 6) is 1.91. The molecule has 2 fully saturated rings. The molecular formula is C19H25N5O. The van der Waals surface area contributed by atoms with E-state index in [9.17, 15) is 0 Å². The summed E-state index contributed by atoms with van der Waals surface area (Å²) >= 11 is 0. The summed E-state index contributed by atoms with van der Waals surface area (Å²) in [6.45, 7) is 6.50. The van der Waals surface area contributed by atoms with Crippen LogP contribution in [0.15, 0.2) is 42.7 Å². The Morgan fingerprint density at radius 1 is 1.08 bits per heavy atom. The van der Waals surface area contributed by atoms with Gasteiger partial charge in [0.05, 0.1) is 13.2 Å². The van der Waals surface area contributed by atoms with Crippen molar-refractivity contribution in [2.24, 2.45) is 0 Å². The highest BCUT2D eigenvalue weighted by Crippen LogP contribution is 2.20. The lowest BCUT2D eigenvalue weighted by Crippen LogP contribution is -2.36. The molecule has 6 nitrogen and oxygen atoms in total. The van der Waals surface area contributed by atoms with E-state index in [1.54, 1.807) is 6.33 Å². The van der Waals surface area contributed by atoms with Crippen LogP contribution >= 0.6 is 0 Å². The number of ether oxygens (including phenoxy) is 1. The van der Waals surface area contributed by atoms with Crippen molar-refractivity contribution >= 4 is 11.6 Å². The van der Waals surface area contributed by atoms with Gasteiger partial charge in [0.25, 0.3) is 0 Å². The van der Waals surface area contributed by atoms with Crippen LogP contribution in [0.1, 0.15) is 12.0 Å². The molecule has 2 aromatic rings. The lowest BCUT2D eigenvalue weighted by molar-refractivity contribution is 0.122. The van der Waals surface area contributed by atoms with Gasteiger partial charge in [-0.2, -0.15) is 0 Å². The first-order valence-electron chi connectivity index (χ1n) is 9.04. The van der Waals surface area contributed by atoms with Crippen LogP contribution in [-0.2, 0) is 11.3 Å². The maximum absolute atomic E-state index is 5.41. The molecule has 0 saturated carbocycles. The van der Waals surface area contributed by atoms with Gasteiger partial charge in [-0.15, -0.1) is 0 Å². The fourth-order valence-electron chi connectivity index (χ4n) is 3.54. The fourth-order valence-corrected chi connectivity index (χ4v) is 3.54. The molecule has 2 saturated heterocycles. The van der Waals surface area contributed by atoms with Crippen molar-refractivity contribution in [2.75, 3.05) is 49.6 Å². The minimum Gasteiger partial charge on any atom is -0.378 e. The van der Waals surface area contributed by atoms with Crippen LogP contribution in [0.4, 0.5) is 11.6 Å². The predicted octanol–water partition coefficient (Wildman–Crippen LogP) is 2.00. The molecule has 1 N–H and O–H groups in total. The van der Waals surface area contributed by atoms with Crippen LogP contribution in [0.25, 0.3) is 0 Å². The summed E-state index contributed by atoms with van der Waals surface area (Å²) in [6, 6.07) is 13.2. The number of anilines is 2. The number of likely N-dealkylation sites (tertiary alicyclic amines) is 1. The fraction of sp³-hybridized carbons (Fsp3) is 0.474. The molecule has 0 amide bonds. The molecule has 1 aromatic carbocycles. The highest BCUT2D eigenvalue weighted by molar-refractivity contribution is 5.49. The van der Waals surface area contributed by atoms with Gasteiger partial charge in [0, 0.05) is 44.8 Å². The van der Waals surface area contributed by atoms with Gasteiger partial charge in [-0.25, -0.2) is 9.97 Å². The van der Waals surface area contributed by atoms with Gasteiger partial charge in [-0.1, -0.05) is 30.3 Å². The predicted molar refractivity (Wildman–Crippen MR) is 98.8 cm³/mol. The summed E-state index contributed by atoms with van der Waals surface area (Å²) in [6.07, 6.45) is 2.80. The van der Waals surface area contributed by atoms with Crippen LogP contribution < -0.4 is 10.2 Å². The maximum Gasteiger partial charge on any atom is 0.134 e. The van der Waals surface area contributed by atoms with Crippen molar-refractivity contribution in [3.63, 3.8) is 0 Å². The van der Waals surface area contributed by atoms with E-state index in [1.807, 2.05) is 0 Å². The van der Waals surface area contributed by atoms with Gasteiger partial charge in [0.15, 0.2) is 0 Å². The number of nitrogens with zero attached hydrogens (tertiary/aromatic N) is 4. The monoisotopic (exact) mass is 339 g/mol. The van der Waals surface area contributed by atoms with E-state index in [4.69, 9.17) is 4.74 Å². The Hall–Kier alpha value is -2.18. The molecule has 0 radical (unpaired) electrons. The van der Waals surface area contributed by atoms with E-state index in [0.717, 1.165) is 64.0 Å². The zero-order valence-electron chi connectivity index (χ0n) is 14.5. The first-order valence-corrected chi connectivity index (χ1v) is 9.04. The molecule has 4 rings (SSSR count). The Labute approximate surface area is 148 Å². The smallest absolute Gasteiger partial charge is 0.134 e. The molecule has 0 bridgehead atoms. The topological polar surface area (TPSA) is 53.5 Å². The Kier molecular flexibility index (Phi) is 5.09. The molecule has 2 aliphatic heterocycles. The highest BCUT2D eigenvalue weighted by Gasteiger charge is 2.23. The molecule has 1 atom stereocenters. The minimum atomic E-state index is 0.441. The molecule has 0 unspecified atom stereocenters. The van der Waals surface area contributed by atoms with Crippen molar-refractivity contribution in [3.8, 4) is 0 Å². The van der Waals surface area contributed by atoms with Crippen LogP contribution in [0.5, 0.6) is 0 Å². The van der Waals surface area contributed by atoms with E-state index in [1.165, 1.54) is 5.56 Å². The number of morpholine rings is 1. The second-order valence-corrected chi connectivity index (χ2v) is 6.71. The first-order chi connectivity index (χ1) is 12.4. The van der Waals surface area contributed by atoms with Gasteiger partial charge >= 0.3 is 0 Å². The molecule has 6 heteroatoms. The van der Waals surface area contributed by atoms with Crippen molar-refractivity contribution < 1.29 is 4.74 Å².